The first kappa shape index (κ1) is 14.8. The number of hydrogen-bond donors (Lipinski definition) is 2. The van der Waals surface area contributed by atoms with Gasteiger partial charge in [-0.05, 0) is 18.6 Å². The summed E-state index contributed by atoms with van der Waals surface area (Å²) in [4.78, 5) is 23.1. The van der Waals surface area contributed by atoms with Gasteiger partial charge in [-0.1, -0.05) is 6.92 Å². The topological polar surface area (TPSA) is 76.7 Å². The highest BCUT2D eigenvalue weighted by atomic mass is 16.5. The summed E-state index contributed by atoms with van der Waals surface area (Å²) in [5.41, 5.74) is 0.417. The summed E-state index contributed by atoms with van der Waals surface area (Å²) in [6.45, 7) is 2.37. The summed E-state index contributed by atoms with van der Waals surface area (Å²) < 4.78 is 10.2. The zero-order valence-electron chi connectivity index (χ0n) is 11.3. The van der Waals surface area contributed by atoms with Crippen molar-refractivity contribution in [3.8, 4) is 11.5 Å². The van der Waals surface area contributed by atoms with Crippen molar-refractivity contribution >= 4 is 17.5 Å². The molecule has 0 saturated heterocycles. The second-order valence-corrected chi connectivity index (χ2v) is 3.78. The number of anilines is 1. The van der Waals surface area contributed by atoms with Crippen LogP contribution in [0.2, 0.25) is 0 Å². The SMILES string of the molecule is CCCNC(=O)C(=O)Nc1ccc(OC)cc1OC. The maximum absolute atomic E-state index is 11.6. The summed E-state index contributed by atoms with van der Waals surface area (Å²) in [5, 5.41) is 4.99. The van der Waals surface area contributed by atoms with Gasteiger partial charge in [-0.25, -0.2) is 0 Å². The number of rotatable bonds is 5. The normalized spacial score (nSPS) is 9.63. The first-order chi connectivity index (χ1) is 9.12. The fourth-order valence-corrected chi connectivity index (χ4v) is 1.40. The zero-order chi connectivity index (χ0) is 14.3. The van der Waals surface area contributed by atoms with E-state index in [2.05, 4.69) is 10.6 Å². The molecule has 0 unspecified atom stereocenters. The van der Waals surface area contributed by atoms with Crippen LogP contribution in [-0.2, 0) is 9.59 Å². The van der Waals surface area contributed by atoms with Gasteiger partial charge in [0.05, 0.1) is 19.9 Å². The number of amides is 2. The van der Waals surface area contributed by atoms with E-state index in [-0.39, 0.29) is 0 Å². The molecule has 6 heteroatoms. The molecule has 6 nitrogen and oxygen atoms in total. The second kappa shape index (κ2) is 7.25. The molecule has 104 valence electrons. The third-order valence-electron chi connectivity index (χ3n) is 2.40. The lowest BCUT2D eigenvalue weighted by molar-refractivity contribution is -0.136. The Bertz CT molecular complexity index is 460. The van der Waals surface area contributed by atoms with Crippen LogP contribution in [0.15, 0.2) is 18.2 Å². The highest BCUT2D eigenvalue weighted by molar-refractivity contribution is 6.39. The highest BCUT2D eigenvalue weighted by Crippen LogP contribution is 2.28. The Balaban J connectivity index is 2.76. The van der Waals surface area contributed by atoms with Crippen molar-refractivity contribution in [2.75, 3.05) is 26.1 Å². The summed E-state index contributed by atoms with van der Waals surface area (Å²) >= 11 is 0. The van der Waals surface area contributed by atoms with E-state index >= 15 is 0 Å². The van der Waals surface area contributed by atoms with Crippen molar-refractivity contribution in [1.29, 1.82) is 0 Å². The number of nitrogens with one attached hydrogen (secondary N) is 2. The first-order valence-electron chi connectivity index (χ1n) is 5.93. The second-order valence-electron chi connectivity index (χ2n) is 3.78. The zero-order valence-corrected chi connectivity index (χ0v) is 11.3. The van der Waals surface area contributed by atoms with E-state index in [4.69, 9.17) is 9.47 Å². The van der Waals surface area contributed by atoms with Gasteiger partial charge in [-0.15, -0.1) is 0 Å². The van der Waals surface area contributed by atoms with E-state index in [0.29, 0.717) is 23.7 Å². The van der Waals surface area contributed by atoms with Crippen LogP contribution in [0.5, 0.6) is 11.5 Å². The molecule has 0 fully saturated rings. The standard InChI is InChI=1S/C13H18N2O4/c1-4-7-14-12(16)13(17)15-10-6-5-9(18-2)8-11(10)19-3/h5-6,8H,4,7H2,1-3H3,(H,14,16)(H,15,17). The monoisotopic (exact) mass is 266 g/mol. The molecule has 0 aliphatic carbocycles. The minimum absolute atomic E-state index is 0.417. The molecule has 19 heavy (non-hydrogen) atoms. The maximum atomic E-state index is 11.6. The van der Waals surface area contributed by atoms with Crippen molar-refractivity contribution < 1.29 is 19.1 Å². The Hall–Kier alpha value is -2.24. The number of methoxy groups -OCH3 is 2. The Morgan fingerprint density at radius 2 is 1.89 bits per heavy atom. The minimum atomic E-state index is -0.725. The average Bonchev–Trinajstić information content (AvgIpc) is 2.44. The van der Waals surface area contributed by atoms with Crippen LogP contribution in [-0.4, -0.2) is 32.6 Å². The Morgan fingerprint density at radius 3 is 2.47 bits per heavy atom. The Morgan fingerprint density at radius 1 is 1.16 bits per heavy atom. The van der Waals surface area contributed by atoms with E-state index in [1.54, 1.807) is 18.2 Å². The Labute approximate surface area is 112 Å². The molecule has 2 N–H and O–H groups in total. The quantitative estimate of drug-likeness (QED) is 0.784. The summed E-state index contributed by atoms with van der Waals surface area (Å²) in [7, 11) is 3.01. The smallest absolute Gasteiger partial charge is 0.313 e. The van der Waals surface area contributed by atoms with Crippen LogP contribution in [0.1, 0.15) is 13.3 Å². The van der Waals surface area contributed by atoms with Gasteiger partial charge >= 0.3 is 11.8 Å². The van der Waals surface area contributed by atoms with Gasteiger partial charge in [-0.3, -0.25) is 9.59 Å². The molecule has 0 radical (unpaired) electrons. The third-order valence-corrected chi connectivity index (χ3v) is 2.40. The largest absolute Gasteiger partial charge is 0.497 e. The molecule has 0 aromatic heterocycles. The fourth-order valence-electron chi connectivity index (χ4n) is 1.40. The summed E-state index contributed by atoms with van der Waals surface area (Å²) in [6.07, 6.45) is 0.769. The van der Waals surface area contributed by atoms with E-state index in [9.17, 15) is 9.59 Å². The lowest BCUT2D eigenvalue weighted by atomic mass is 10.2. The van der Waals surface area contributed by atoms with Crippen LogP contribution in [0.3, 0.4) is 0 Å². The number of carbonyl (C=O) groups excluding carboxylic acids is 2. The van der Waals surface area contributed by atoms with Gasteiger partial charge in [0.2, 0.25) is 0 Å². The molecule has 2 amide bonds. The van der Waals surface area contributed by atoms with Crippen molar-refractivity contribution in [3.63, 3.8) is 0 Å². The molecule has 0 atom stereocenters. The average molecular weight is 266 g/mol. The predicted molar refractivity (Wildman–Crippen MR) is 71.5 cm³/mol. The van der Waals surface area contributed by atoms with Crippen LogP contribution in [0, 0.1) is 0 Å². The molecular formula is C13H18N2O4. The number of carbonyl (C=O) groups is 2. The molecule has 1 aromatic rings. The fraction of sp³-hybridized carbons (Fsp3) is 0.385. The predicted octanol–water partition coefficient (Wildman–Crippen LogP) is 1.17. The van der Waals surface area contributed by atoms with Gasteiger partial charge in [0.15, 0.2) is 0 Å². The van der Waals surface area contributed by atoms with Crippen LogP contribution < -0.4 is 20.1 Å². The molecular weight excluding hydrogens is 248 g/mol. The van der Waals surface area contributed by atoms with E-state index in [1.807, 2.05) is 6.92 Å². The summed E-state index contributed by atoms with van der Waals surface area (Å²) in [5.74, 6) is -0.363. The first-order valence-corrected chi connectivity index (χ1v) is 5.93. The lowest BCUT2D eigenvalue weighted by Gasteiger charge is -2.11. The molecule has 0 heterocycles. The molecule has 0 saturated carbocycles. The van der Waals surface area contributed by atoms with Crippen molar-refractivity contribution in [2.45, 2.75) is 13.3 Å². The number of ether oxygens (including phenoxy) is 2. The number of hydrogen-bond acceptors (Lipinski definition) is 4. The summed E-state index contributed by atoms with van der Waals surface area (Å²) in [6, 6.07) is 4.91. The van der Waals surface area contributed by atoms with Gasteiger partial charge in [0.1, 0.15) is 11.5 Å². The lowest BCUT2D eigenvalue weighted by Crippen LogP contribution is -2.35. The molecule has 0 bridgehead atoms. The van der Waals surface area contributed by atoms with E-state index in [1.165, 1.54) is 14.2 Å². The van der Waals surface area contributed by atoms with Gasteiger partial charge < -0.3 is 20.1 Å². The van der Waals surface area contributed by atoms with Crippen LogP contribution >= 0.6 is 0 Å². The minimum Gasteiger partial charge on any atom is -0.497 e. The Kier molecular flexibility index (Phi) is 5.66. The molecule has 0 aliphatic rings. The molecule has 0 aliphatic heterocycles. The highest BCUT2D eigenvalue weighted by Gasteiger charge is 2.15. The van der Waals surface area contributed by atoms with Crippen molar-refractivity contribution in [3.05, 3.63) is 18.2 Å². The van der Waals surface area contributed by atoms with E-state index < -0.39 is 11.8 Å². The van der Waals surface area contributed by atoms with Crippen molar-refractivity contribution in [2.24, 2.45) is 0 Å². The van der Waals surface area contributed by atoms with E-state index in [0.717, 1.165) is 6.42 Å². The number of benzene rings is 1. The van der Waals surface area contributed by atoms with Crippen LogP contribution in [0.4, 0.5) is 5.69 Å². The molecule has 0 spiro atoms. The maximum Gasteiger partial charge on any atom is 0.313 e. The molecule has 1 rings (SSSR count). The molecule has 1 aromatic carbocycles. The van der Waals surface area contributed by atoms with Crippen LogP contribution in [0.25, 0.3) is 0 Å². The third kappa shape index (κ3) is 4.17. The van der Waals surface area contributed by atoms with Gasteiger partial charge in [-0.2, -0.15) is 0 Å². The van der Waals surface area contributed by atoms with Gasteiger partial charge in [0, 0.05) is 12.6 Å². The van der Waals surface area contributed by atoms with Crippen molar-refractivity contribution in [1.82, 2.24) is 5.32 Å². The van der Waals surface area contributed by atoms with Gasteiger partial charge in [0.25, 0.3) is 0 Å².